The molecule has 0 radical (unpaired) electrons. The molecular weight excluding hydrogens is 318 g/mol. The van der Waals surface area contributed by atoms with Crippen molar-refractivity contribution in [1.29, 1.82) is 0 Å². The first kappa shape index (κ1) is 17.0. The Labute approximate surface area is 135 Å². The molecule has 7 nitrogen and oxygen atoms in total. The molecule has 0 bridgehead atoms. The minimum atomic E-state index is -3.96. The van der Waals surface area contributed by atoms with Crippen molar-refractivity contribution in [2.75, 3.05) is 4.72 Å². The van der Waals surface area contributed by atoms with Crippen LogP contribution in [0.15, 0.2) is 29.4 Å². The number of rotatable bonds is 5. The van der Waals surface area contributed by atoms with Crippen molar-refractivity contribution in [3.63, 3.8) is 0 Å². The maximum Gasteiger partial charge on any atom is 0.337 e. The summed E-state index contributed by atoms with van der Waals surface area (Å²) in [4.78, 5) is 11.5. The van der Waals surface area contributed by atoms with Crippen LogP contribution in [-0.2, 0) is 17.1 Å². The number of aromatic carboxylic acids is 1. The zero-order valence-corrected chi connectivity index (χ0v) is 14.2. The Morgan fingerprint density at radius 2 is 2.00 bits per heavy atom. The molecule has 1 aromatic carbocycles. The van der Waals surface area contributed by atoms with Gasteiger partial charge >= 0.3 is 5.97 Å². The van der Waals surface area contributed by atoms with E-state index in [9.17, 15) is 18.3 Å². The lowest BCUT2D eigenvalue weighted by molar-refractivity contribution is 0.0698. The van der Waals surface area contributed by atoms with E-state index in [1.165, 1.54) is 24.0 Å². The van der Waals surface area contributed by atoms with E-state index in [2.05, 4.69) is 9.82 Å². The van der Waals surface area contributed by atoms with E-state index < -0.39 is 16.0 Å². The lowest BCUT2D eigenvalue weighted by Gasteiger charge is -2.17. The second kappa shape index (κ2) is 6.04. The highest BCUT2D eigenvalue weighted by atomic mass is 32.2. The van der Waals surface area contributed by atoms with Crippen LogP contribution in [0.3, 0.4) is 0 Å². The standard InChI is InChI=1S/C15H19N3O4S/c1-9(2)11-6-5-7-12(15(19)20)13(11)17-23(21,22)14-10(3)8-16-18(14)4/h5-9,17H,1-4H3,(H,19,20). The molecule has 0 spiro atoms. The molecule has 8 heteroatoms. The van der Waals surface area contributed by atoms with Gasteiger partial charge in [0.05, 0.1) is 17.4 Å². The number of nitrogens with one attached hydrogen (secondary N) is 1. The van der Waals surface area contributed by atoms with Gasteiger partial charge in [0.1, 0.15) is 0 Å². The number of para-hydroxylation sites is 1. The number of hydrogen-bond acceptors (Lipinski definition) is 4. The van der Waals surface area contributed by atoms with Crippen molar-refractivity contribution in [3.05, 3.63) is 41.1 Å². The van der Waals surface area contributed by atoms with Crippen LogP contribution in [0.1, 0.15) is 41.3 Å². The van der Waals surface area contributed by atoms with Crippen LogP contribution in [0.25, 0.3) is 0 Å². The van der Waals surface area contributed by atoms with Gasteiger partial charge in [-0.15, -0.1) is 0 Å². The number of hydrogen-bond donors (Lipinski definition) is 2. The smallest absolute Gasteiger partial charge is 0.337 e. The fourth-order valence-electron chi connectivity index (χ4n) is 2.45. The predicted octanol–water partition coefficient (Wildman–Crippen LogP) is 2.35. The van der Waals surface area contributed by atoms with Gasteiger partial charge in [0.2, 0.25) is 0 Å². The van der Waals surface area contributed by atoms with E-state index in [1.807, 2.05) is 13.8 Å². The number of carbonyl (C=O) groups is 1. The normalized spacial score (nSPS) is 11.7. The molecule has 0 aliphatic heterocycles. The Bertz CT molecular complexity index is 834. The third kappa shape index (κ3) is 3.21. The average molecular weight is 337 g/mol. The largest absolute Gasteiger partial charge is 0.478 e. The summed E-state index contributed by atoms with van der Waals surface area (Å²) in [5, 5.41) is 13.3. The monoisotopic (exact) mass is 337 g/mol. The zero-order valence-electron chi connectivity index (χ0n) is 13.4. The molecule has 0 saturated heterocycles. The molecule has 0 amide bonds. The molecular formula is C15H19N3O4S. The van der Waals surface area contributed by atoms with Gasteiger partial charge in [-0.25, -0.2) is 4.79 Å². The van der Waals surface area contributed by atoms with Gasteiger partial charge in [0.15, 0.2) is 5.03 Å². The molecule has 0 aliphatic rings. The Kier molecular flexibility index (Phi) is 4.46. The number of carboxylic acids is 1. The Morgan fingerprint density at radius 3 is 2.48 bits per heavy atom. The van der Waals surface area contributed by atoms with Gasteiger partial charge in [0.25, 0.3) is 10.0 Å². The maximum absolute atomic E-state index is 12.7. The summed E-state index contributed by atoms with van der Waals surface area (Å²) in [5.74, 6) is -1.23. The zero-order chi connectivity index (χ0) is 17.4. The number of aromatic nitrogens is 2. The summed E-state index contributed by atoms with van der Waals surface area (Å²) >= 11 is 0. The average Bonchev–Trinajstić information content (AvgIpc) is 2.78. The van der Waals surface area contributed by atoms with E-state index in [0.29, 0.717) is 11.1 Å². The summed E-state index contributed by atoms with van der Waals surface area (Å²) in [7, 11) is -2.43. The molecule has 2 N–H and O–H groups in total. The van der Waals surface area contributed by atoms with Gasteiger partial charge in [-0.2, -0.15) is 13.5 Å². The van der Waals surface area contributed by atoms with Crippen molar-refractivity contribution in [3.8, 4) is 0 Å². The van der Waals surface area contributed by atoms with E-state index in [1.54, 1.807) is 19.1 Å². The van der Waals surface area contributed by atoms with Gasteiger partial charge in [-0.3, -0.25) is 9.40 Å². The van der Waals surface area contributed by atoms with E-state index in [4.69, 9.17) is 0 Å². The molecule has 0 unspecified atom stereocenters. The fraction of sp³-hybridized carbons (Fsp3) is 0.333. The van der Waals surface area contributed by atoms with E-state index in [-0.39, 0.29) is 22.2 Å². The van der Waals surface area contributed by atoms with Gasteiger partial charge < -0.3 is 5.11 Å². The molecule has 1 heterocycles. The third-order valence-electron chi connectivity index (χ3n) is 3.50. The molecule has 0 saturated carbocycles. The molecule has 2 rings (SSSR count). The Morgan fingerprint density at radius 1 is 1.35 bits per heavy atom. The number of nitrogens with zero attached hydrogens (tertiary/aromatic N) is 2. The summed E-state index contributed by atoms with van der Waals surface area (Å²) in [6, 6.07) is 4.69. The van der Waals surface area contributed by atoms with Gasteiger partial charge in [0, 0.05) is 12.6 Å². The highest BCUT2D eigenvalue weighted by molar-refractivity contribution is 7.92. The number of anilines is 1. The maximum atomic E-state index is 12.7. The minimum absolute atomic E-state index is 0.00685. The lowest BCUT2D eigenvalue weighted by Crippen LogP contribution is -2.20. The highest BCUT2D eigenvalue weighted by Gasteiger charge is 2.26. The number of carboxylic acid groups (broad SMARTS) is 1. The second-order valence-electron chi connectivity index (χ2n) is 5.59. The predicted molar refractivity (Wildman–Crippen MR) is 86.2 cm³/mol. The Hall–Kier alpha value is -2.35. The minimum Gasteiger partial charge on any atom is -0.478 e. The first-order valence-corrected chi connectivity index (χ1v) is 8.51. The highest BCUT2D eigenvalue weighted by Crippen LogP contribution is 2.30. The summed E-state index contributed by atoms with van der Waals surface area (Å²) < 4.78 is 29.1. The van der Waals surface area contributed by atoms with Gasteiger partial charge in [-0.05, 0) is 24.5 Å². The SMILES string of the molecule is Cc1cnn(C)c1S(=O)(=O)Nc1c(C(=O)O)cccc1C(C)C. The topological polar surface area (TPSA) is 101 Å². The third-order valence-corrected chi connectivity index (χ3v) is 5.06. The van der Waals surface area contributed by atoms with Crippen LogP contribution in [-0.4, -0.2) is 29.3 Å². The molecule has 2 aromatic rings. The van der Waals surface area contributed by atoms with Crippen LogP contribution in [0.5, 0.6) is 0 Å². The lowest BCUT2D eigenvalue weighted by atomic mass is 9.98. The first-order chi connectivity index (χ1) is 10.6. The van der Waals surface area contributed by atoms with Crippen LogP contribution < -0.4 is 4.72 Å². The molecule has 0 aliphatic carbocycles. The molecule has 23 heavy (non-hydrogen) atoms. The van der Waals surface area contributed by atoms with Crippen molar-refractivity contribution in [2.24, 2.45) is 7.05 Å². The van der Waals surface area contributed by atoms with Crippen LogP contribution in [0, 0.1) is 6.92 Å². The van der Waals surface area contributed by atoms with Crippen molar-refractivity contribution < 1.29 is 18.3 Å². The molecule has 0 fully saturated rings. The van der Waals surface area contributed by atoms with Crippen LogP contribution in [0.2, 0.25) is 0 Å². The second-order valence-corrected chi connectivity index (χ2v) is 7.19. The summed E-state index contributed by atoms with van der Waals surface area (Å²) in [6.07, 6.45) is 1.45. The van der Waals surface area contributed by atoms with Crippen LogP contribution in [0.4, 0.5) is 5.69 Å². The van der Waals surface area contributed by atoms with Crippen LogP contribution >= 0.6 is 0 Å². The van der Waals surface area contributed by atoms with E-state index >= 15 is 0 Å². The molecule has 124 valence electrons. The van der Waals surface area contributed by atoms with E-state index in [0.717, 1.165) is 0 Å². The summed E-state index contributed by atoms with van der Waals surface area (Å²) in [5.41, 5.74) is 1.11. The first-order valence-electron chi connectivity index (χ1n) is 7.02. The molecule has 0 atom stereocenters. The van der Waals surface area contributed by atoms with Crippen molar-refractivity contribution in [1.82, 2.24) is 9.78 Å². The summed E-state index contributed by atoms with van der Waals surface area (Å²) in [6.45, 7) is 5.37. The van der Waals surface area contributed by atoms with Crippen molar-refractivity contribution >= 4 is 21.7 Å². The number of aryl methyl sites for hydroxylation is 2. The van der Waals surface area contributed by atoms with Gasteiger partial charge in [-0.1, -0.05) is 26.0 Å². The fourth-order valence-corrected chi connectivity index (χ4v) is 3.91. The molecule has 1 aromatic heterocycles. The number of benzene rings is 1. The Balaban J connectivity index is 2.61. The quantitative estimate of drug-likeness (QED) is 0.872. The van der Waals surface area contributed by atoms with Crippen molar-refractivity contribution in [2.45, 2.75) is 31.7 Å². The number of sulfonamides is 1.